The van der Waals surface area contributed by atoms with Gasteiger partial charge in [-0.3, -0.25) is 9.59 Å². The third-order valence-corrected chi connectivity index (χ3v) is 7.40. The molecule has 14 heteroatoms. The first-order valence-electron chi connectivity index (χ1n) is 13.2. The van der Waals surface area contributed by atoms with Gasteiger partial charge in [-0.1, -0.05) is 62.4 Å². The van der Waals surface area contributed by atoms with Crippen molar-refractivity contribution in [2.24, 2.45) is 11.8 Å². The molecule has 2 aromatic carbocycles. The zero-order valence-electron chi connectivity index (χ0n) is 23.8. The van der Waals surface area contributed by atoms with E-state index in [0.29, 0.717) is 13.0 Å². The zero-order valence-corrected chi connectivity index (χ0v) is 26.6. The van der Waals surface area contributed by atoms with Crippen LogP contribution in [-0.4, -0.2) is 60.9 Å². The topological polar surface area (TPSA) is 180 Å². The van der Waals surface area contributed by atoms with Crippen molar-refractivity contribution in [3.05, 3.63) is 71.8 Å². The van der Waals surface area contributed by atoms with Crippen LogP contribution in [0.2, 0.25) is 0 Å². The smallest absolute Gasteiger partial charge is 0.745 e. The first-order chi connectivity index (χ1) is 19.4. The Labute approximate surface area is 267 Å². The van der Waals surface area contributed by atoms with Crippen molar-refractivity contribution in [2.45, 2.75) is 57.2 Å². The van der Waals surface area contributed by atoms with E-state index >= 15 is 0 Å². The molecule has 1 fully saturated rings. The summed E-state index contributed by atoms with van der Waals surface area (Å²) in [7, 11) is -5.33. The number of hydrogen-bond donors (Lipinski definition) is 3. The largest absolute Gasteiger partial charge is 1.00 e. The molecule has 3 amide bonds. The fourth-order valence-electron chi connectivity index (χ4n) is 4.40. The molecule has 0 aliphatic carbocycles. The summed E-state index contributed by atoms with van der Waals surface area (Å²) < 4.78 is 47.4. The molecule has 42 heavy (non-hydrogen) atoms. The first kappa shape index (κ1) is 35.2. The number of rotatable bonds is 13. The fraction of sp³-hybridized carbons (Fsp3) is 0.429. The normalized spacial score (nSPS) is 16.8. The molecule has 3 rings (SSSR count). The van der Waals surface area contributed by atoms with Crippen LogP contribution in [0.4, 0.5) is 4.79 Å². The van der Waals surface area contributed by atoms with Crippen molar-refractivity contribution in [1.82, 2.24) is 16.0 Å². The number of carbonyl (C=O) groups is 4. The van der Waals surface area contributed by atoms with Gasteiger partial charge in [0.25, 0.3) is 0 Å². The van der Waals surface area contributed by atoms with Crippen molar-refractivity contribution in [3.8, 4) is 0 Å². The Morgan fingerprint density at radius 3 is 2.19 bits per heavy atom. The second-order valence-corrected chi connectivity index (χ2v) is 11.6. The van der Waals surface area contributed by atoms with Gasteiger partial charge in [-0.15, -0.1) is 0 Å². The minimum absolute atomic E-state index is 0. The summed E-state index contributed by atoms with van der Waals surface area (Å²) in [5.41, 5.74) is -1.62. The third-order valence-electron chi connectivity index (χ3n) is 6.40. The minimum atomic E-state index is -5.33. The van der Waals surface area contributed by atoms with E-state index in [2.05, 4.69) is 16.0 Å². The van der Waals surface area contributed by atoms with Crippen LogP contribution in [0.1, 0.15) is 49.0 Å². The van der Waals surface area contributed by atoms with Crippen LogP contribution < -0.4 is 45.5 Å². The molecule has 1 unspecified atom stereocenters. The van der Waals surface area contributed by atoms with Crippen LogP contribution >= 0.6 is 0 Å². The van der Waals surface area contributed by atoms with Gasteiger partial charge in [0.1, 0.15) is 22.8 Å². The van der Waals surface area contributed by atoms with E-state index in [9.17, 15) is 32.1 Å². The maximum atomic E-state index is 13.4. The van der Waals surface area contributed by atoms with Gasteiger partial charge in [0, 0.05) is 12.5 Å². The molecule has 0 radical (unpaired) electrons. The summed E-state index contributed by atoms with van der Waals surface area (Å²) in [6.07, 6.45) is -0.715. The van der Waals surface area contributed by atoms with Crippen molar-refractivity contribution >= 4 is 34.0 Å². The number of esters is 1. The second kappa shape index (κ2) is 16.6. The minimum Gasteiger partial charge on any atom is -0.745 e. The molecule has 0 bridgehead atoms. The van der Waals surface area contributed by atoms with Crippen LogP contribution in [0.5, 0.6) is 0 Å². The standard InChI is InChI=1S/C28H35N3O9S.Na/c1-18(2)15-22(31-28(35)39-17-19-9-5-3-6-10-19)25(33)30-23(16-21-13-14-29-24(21)32)27(41(36,37)38)40-26(34)20-11-7-4-8-12-20;/h3-12,18,21-23,27H,13-17H2,1-2H3,(H,29,32)(H,30,33)(H,31,35)(H,36,37,38);/q;+1/p-1/t21-,22-,23-,27?;/m0./s1. The molecule has 222 valence electrons. The van der Waals surface area contributed by atoms with Crippen LogP contribution in [0.25, 0.3) is 0 Å². The quantitative estimate of drug-likeness (QED) is 0.147. The predicted molar refractivity (Wildman–Crippen MR) is 146 cm³/mol. The molecule has 1 heterocycles. The Balaban J connectivity index is 0.00000616. The van der Waals surface area contributed by atoms with E-state index < -0.39 is 51.5 Å². The van der Waals surface area contributed by atoms with Crippen molar-refractivity contribution in [1.29, 1.82) is 0 Å². The summed E-state index contributed by atoms with van der Waals surface area (Å²) in [6.45, 7) is 3.90. The third kappa shape index (κ3) is 11.0. The zero-order chi connectivity index (χ0) is 30.0. The van der Waals surface area contributed by atoms with Crippen LogP contribution in [-0.2, 0) is 35.8 Å². The molecule has 1 aliphatic rings. The SMILES string of the molecule is CC(C)C[C@H](NC(=O)OCc1ccccc1)C(=O)N[C@@H](C[C@@H]1CCNC1=O)C(OC(=O)c1ccccc1)S(=O)(=O)[O-].[Na+]. The van der Waals surface area contributed by atoms with E-state index in [1.165, 1.54) is 24.3 Å². The van der Waals surface area contributed by atoms with Crippen molar-refractivity contribution in [3.63, 3.8) is 0 Å². The summed E-state index contributed by atoms with van der Waals surface area (Å²) in [6, 6.07) is 13.6. The molecule has 4 atom stereocenters. The van der Waals surface area contributed by atoms with Gasteiger partial charge in [0.2, 0.25) is 17.3 Å². The Morgan fingerprint density at radius 2 is 1.64 bits per heavy atom. The number of ether oxygens (including phenoxy) is 2. The van der Waals surface area contributed by atoms with Gasteiger partial charge >= 0.3 is 41.6 Å². The molecule has 1 aliphatic heterocycles. The van der Waals surface area contributed by atoms with E-state index in [-0.39, 0.29) is 66.4 Å². The number of carbonyl (C=O) groups excluding carboxylic acids is 4. The number of benzene rings is 2. The molecular formula is C28H34N3NaO9S. The first-order valence-corrected chi connectivity index (χ1v) is 14.7. The Kier molecular flexibility index (Phi) is 13.9. The van der Waals surface area contributed by atoms with Crippen molar-refractivity contribution in [2.75, 3.05) is 6.54 Å². The average molecular weight is 612 g/mol. The molecule has 12 nitrogen and oxygen atoms in total. The molecular weight excluding hydrogens is 577 g/mol. The van der Waals surface area contributed by atoms with Crippen LogP contribution in [0.3, 0.4) is 0 Å². The number of alkyl carbamates (subject to hydrolysis) is 1. The van der Waals surface area contributed by atoms with E-state index in [4.69, 9.17) is 9.47 Å². The summed E-state index contributed by atoms with van der Waals surface area (Å²) >= 11 is 0. The van der Waals surface area contributed by atoms with Gasteiger partial charge in [-0.25, -0.2) is 18.0 Å². The van der Waals surface area contributed by atoms with E-state index in [1.807, 2.05) is 19.9 Å². The Morgan fingerprint density at radius 1 is 1.02 bits per heavy atom. The predicted octanol–water partition coefficient (Wildman–Crippen LogP) is -0.929. The van der Waals surface area contributed by atoms with Gasteiger partial charge in [0.05, 0.1) is 11.6 Å². The van der Waals surface area contributed by atoms with Gasteiger partial charge < -0.3 is 30.0 Å². The monoisotopic (exact) mass is 611 g/mol. The van der Waals surface area contributed by atoms with Gasteiger partial charge in [-0.05, 0) is 42.9 Å². The maximum absolute atomic E-state index is 13.4. The second-order valence-electron chi connectivity index (χ2n) is 10.1. The maximum Gasteiger partial charge on any atom is 1.00 e. The van der Waals surface area contributed by atoms with Crippen molar-refractivity contribution < 1.29 is 71.2 Å². The van der Waals surface area contributed by atoms with Gasteiger partial charge in [0.15, 0.2) is 0 Å². The molecule has 0 spiro atoms. The molecule has 0 aromatic heterocycles. The van der Waals surface area contributed by atoms with Crippen LogP contribution in [0.15, 0.2) is 60.7 Å². The summed E-state index contributed by atoms with van der Waals surface area (Å²) in [5.74, 6) is -3.14. The number of nitrogens with one attached hydrogen (secondary N) is 3. The average Bonchev–Trinajstić information content (AvgIpc) is 3.33. The fourth-order valence-corrected chi connectivity index (χ4v) is 5.18. The number of hydrogen-bond acceptors (Lipinski definition) is 9. The van der Waals surface area contributed by atoms with Crippen LogP contribution in [0, 0.1) is 11.8 Å². The summed E-state index contributed by atoms with van der Waals surface area (Å²) in [5, 5.41) is 7.56. The Bertz CT molecular complexity index is 1310. The summed E-state index contributed by atoms with van der Waals surface area (Å²) in [4.78, 5) is 51.0. The van der Waals surface area contributed by atoms with E-state index in [1.54, 1.807) is 30.3 Å². The number of amides is 3. The molecule has 0 saturated carbocycles. The Hall–Kier alpha value is -2.97. The molecule has 1 saturated heterocycles. The molecule has 2 aromatic rings. The van der Waals surface area contributed by atoms with E-state index in [0.717, 1.165) is 5.56 Å². The van der Waals surface area contributed by atoms with Gasteiger partial charge in [-0.2, -0.15) is 0 Å². The molecule has 3 N–H and O–H groups in total.